The second-order valence-electron chi connectivity index (χ2n) is 6.92. The smallest absolute Gasteiger partial charge is 0.282 e. The molecule has 162 valence electrons. The molecule has 1 heterocycles. The van der Waals surface area contributed by atoms with Crippen molar-refractivity contribution in [2.75, 3.05) is 12.1 Å². The van der Waals surface area contributed by atoms with Crippen molar-refractivity contribution >= 4 is 51.1 Å². The number of nitrogens with one attached hydrogen (secondary N) is 1. The minimum atomic E-state index is -0.496. The number of ether oxygens (including phenoxy) is 2. The predicted molar refractivity (Wildman–Crippen MR) is 127 cm³/mol. The largest absolute Gasteiger partial charge is 0.493 e. The average Bonchev–Trinajstić information content (AvgIpc) is 3.08. The summed E-state index contributed by atoms with van der Waals surface area (Å²) in [5.74, 6) is -0.170. The number of carbonyl (C=O) groups excluding carboxylic acids is 2. The maximum atomic E-state index is 12.8. The van der Waals surface area contributed by atoms with Crippen LogP contribution in [0.5, 0.6) is 11.5 Å². The summed E-state index contributed by atoms with van der Waals surface area (Å²) in [6, 6.07) is 19.9. The maximum Gasteiger partial charge on any atom is 0.282 e. The highest BCUT2D eigenvalue weighted by Gasteiger charge is 2.34. The van der Waals surface area contributed by atoms with E-state index in [1.54, 1.807) is 36.4 Å². The Morgan fingerprint density at radius 3 is 2.47 bits per heavy atom. The summed E-state index contributed by atoms with van der Waals surface area (Å²) in [5, 5.41) is 1.52. The number of amides is 2. The Balaban J connectivity index is 1.58. The van der Waals surface area contributed by atoms with Crippen molar-refractivity contribution in [1.29, 1.82) is 0 Å². The summed E-state index contributed by atoms with van der Waals surface area (Å²) in [7, 11) is 1.50. The summed E-state index contributed by atoms with van der Waals surface area (Å²) in [6.07, 6.45) is 1.48. The van der Waals surface area contributed by atoms with Gasteiger partial charge in [-0.25, -0.2) is 5.01 Å². The molecule has 1 aliphatic heterocycles. The number of hydrogen-bond donors (Lipinski definition) is 1. The van der Waals surface area contributed by atoms with Crippen molar-refractivity contribution in [2.45, 2.75) is 6.61 Å². The lowest BCUT2D eigenvalue weighted by molar-refractivity contribution is -0.117. The number of carbonyl (C=O) groups is 2. The Morgan fingerprint density at radius 1 is 1.06 bits per heavy atom. The predicted octanol–water partition coefficient (Wildman–Crippen LogP) is 5.15. The zero-order valence-electron chi connectivity index (χ0n) is 17.0. The van der Waals surface area contributed by atoms with E-state index in [-0.39, 0.29) is 5.57 Å². The second kappa shape index (κ2) is 9.46. The number of nitrogens with zero attached hydrogens (tertiary/aromatic N) is 1. The fourth-order valence-corrected chi connectivity index (χ4v) is 3.72. The number of para-hydroxylation sites is 1. The van der Waals surface area contributed by atoms with Gasteiger partial charge in [-0.2, -0.15) is 0 Å². The molecule has 32 heavy (non-hydrogen) atoms. The number of hydrazine groups is 1. The zero-order chi connectivity index (χ0) is 22.7. The third kappa shape index (κ3) is 4.64. The minimum Gasteiger partial charge on any atom is -0.493 e. The van der Waals surface area contributed by atoms with E-state index in [1.807, 2.05) is 30.3 Å². The van der Waals surface area contributed by atoms with Crippen LogP contribution in [0.3, 0.4) is 0 Å². The molecule has 6 nitrogen and oxygen atoms in total. The van der Waals surface area contributed by atoms with E-state index < -0.39 is 11.8 Å². The van der Waals surface area contributed by atoms with E-state index in [1.165, 1.54) is 18.2 Å². The molecule has 1 aliphatic rings. The van der Waals surface area contributed by atoms with E-state index in [0.29, 0.717) is 34.4 Å². The van der Waals surface area contributed by atoms with Crippen molar-refractivity contribution in [1.82, 2.24) is 5.43 Å². The van der Waals surface area contributed by atoms with E-state index in [9.17, 15) is 9.59 Å². The molecule has 0 radical (unpaired) electrons. The van der Waals surface area contributed by atoms with E-state index in [0.717, 1.165) is 10.0 Å². The first-order valence-corrected chi connectivity index (χ1v) is 10.8. The molecule has 0 aromatic heterocycles. The van der Waals surface area contributed by atoms with Gasteiger partial charge >= 0.3 is 0 Å². The maximum absolute atomic E-state index is 12.8. The standard InChI is InChI=1S/C24H18BrClN2O4/c1-31-21-13-16(12-20(26)22(21)32-14-15-7-9-17(25)10-8-15)11-19-23(29)27-28(24(19)30)18-5-3-2-4-6-18/h2-13H,14H2,1H3,(H,27,29)/b19-11-. The first-order chi connectivity index (χ1) is 15.5. The van der Waals surface area contributed by atoms with Gasteiger partial charge in [0.1, 0.15) is 12.2 Å². The van der Waals surface area contributed by atoms with Gasteiger partial charge in [0.25, 0.3) is 11.8 Å². The van der Waals surface area contributed by atoms with Gasteiger partial charge < -0.3 is 9.47 Å². The molecule has 3 aromatic rings. The highest BCUT2D eigenvalue weighted by atomic mass is 79.9. The van der Waals surface area contributed by atoms with Crippen molar-refractivity contribution < 1.29 is 19.1 Å². The lowest BCUT2D eigenvalue weighted by atomic mass is 10.1. The third-order valence-corrected chi connectivity index (χ3v) is 5.57. The van der Waals surface area contributed by atoms with E-state index in [2.05, 4.69) is 21.4 Å². The van der Waals surface area contributed by atoms with E-state index >= 15 is 0 Å². The van der Waals surface area contributed by atoms with Gasteiger partial charge in [0.05, 0.1) is 17.8 Å². The lowest BCUT2D eigenvalue weighted by Crippen LogP contribution is -2.35. The lowest BCUT2D eigenvalue weighted by Gasteiger charge is -2.14. The fourth-order valence-electron chi connectivity index (χ4n) is 3.18. The van der Waals surface area contributed by atoms with Crippen LogP contribution in [0.15, 0.2) is 76.8 Å². The summed E-state index contributed by atoms with van der Waals surface area (Å²) in [4.78, 5) is 25.2. The molecule has 1 N–H and O–H groups in total. The molecule has 0 aliphatic carbocycles. The number of halogens is 2. The summed E-state index contributed by atoms with van der Waals surface area (Å²) in [6.45, 7) is 0.302. The molecular weight excluding hydrogens is 496 g/mol. The first kappa shape index (κ1) is 21.9. The van der Waals surface area contributed by atoms with Crippen molar-refractivity contribution in [3.63, 3.8) is 0 Å². The van der Waals surface area contributed by atoms with Crippen LogP contribution in [0.1, 0.15) is 11.1 Å². The molecule has 1 fully saturated rings. The summed E-state index contributed by atoms with van der Waals surface area (Å²) < 4.78 is 12.3. The highest BCUT2D eigenvalue weighted by molar-refractivity contribution is 9.10. The van der Waals surface area contributed by atoms with Gasteiger partial charge in [0.2, 0.25) is 0 Å². The number of anilines is 1. The van der Waals surface area contributed by atoms with Crippen LogP contribution in [0.4, 0.5) is 5.69 Å². The highest BCUT2D eigenvalue weighted by Crippen LogP contribution is 2.38. The summed E-state index contributed by atoms with van der Waals surface area (Å²) >= 11 is 9.85. The van der Waals surface area contributed by atoms with Crippen LogP contribution in [-0.4, -0.2) is 18.9 Å². The quantitative estimate of drug-likeness (QED) is 0.366. The molecule has 1 saturated heterocycles. The topological polar surface area (TPSA) is 67.9 Å². The SMILES string of the molecule is COc1cc(/C=C2/C(=O)NN(c3ccccc3)C2=O)cc(Cl)c1OCc1ccc(Br)cc1. The molecule has 0 bridgehead atoms. The number of methoxy groups -OCH3 is 1. The van der Waals surface area contributed by atoms with Gasteiger partial charge in [-0.15, -0.1) is 0 Å². The normalized spacial score (nSPS) is 14.6. The molecule has 0 saturated carbocycles. The Kier molecular flexibility index (Phi) is 6.48. The second-order valence-corrected chi connectivity index (χ2v) is 8.25. The molecule has 3 aromatic carbocycles. The van der Waals surface area contributed by atoms with Gasteiger partial charge in [0, 0.05) is 4.47 Å². The van der Waals surface area contributed by atoms with Crippen molar-refractivity contribution in [3.8, 4) is 11.5 Å². The number of hydrogen-bond acceptors (Lipinski definition) is 4. The molecule has 4 rings (SSSR count). The Labute approximate surface area is 198 Å². The van der Waals surface area contributed by atoms with Crippen LogP contribution in [0.25, 0.3) is 6.08 Å². The van der Waals surface area contributed by atoms with Crippen LogP contribution in [0, 0.1) is 0 Å². The Morgan fingerprint density at radius 2 is 1.78 bits per heavy atom. The van der Waals surface area contributed by atoms with Crippen LogP contribution < -0.4 is 19.9 Å². The molecule has 0 atom stereocenters. The molecule has 8 heteroatoms. The molecule has 2 amide bonds. The fraction of sp³-hybridized carbons (Fsp3) is 0.0833. The third-order valence-electron chi connectivity index (χ3n) is 4.77. The van der Waals surface area contributed by atoms with Crippen LogP contribution >= 0.6 is 27.5 Å². The Hall–Kier alpha value is -3.29. The molecule has 0 unspecified atom stereocenters. The van der Waals surface area contributed by atoms with Gasteiger partial charge in [-0.1, -0.05) is 57.9 Å². The number of rotatable bonds is 6. The first-order valence-electron chi connectivity index (χ1n) is 9.63. The van der Waals surface area contributed by atoms with Gasteiger partial charge in [0.15, 0.2) is 11.5 Å². The van der Waals surface area contributed by atoms with E-state index in [4.69, 9.17) is 21.1 Å². The molecular formula is C24H18BrClN2O4. The van der Waals surface area contributed by atoms with Crippen molar-refractivity contribution in [2.24, 2.45) is 0 Å². The van der Waals surface area contributed by atoms with Gasteiger partial charge in [-0.05, 0) is 53.6 Å². The van der Waals surface area contributed by atoms with Crippen molar-refractivity contribution in [3.05, 3.63) is 92.9 Å². The van der Waals surface area contributed by atoms with Crippen LogP contribution in [0.2, 0.25) is 5.02 Å². The monoisotopic (exact) mass is 512 g/mol. The minimum absolute atomic E-state index is 0.00416. The Bertz CT molecular complexity index is 1200. The summed E-state index contributed by atoms with van der Waals surface area (Å²) in [5.41, 5.74) is 4.64. The van der Waals surface area contributed by atoms with Crippen LogP contribution in [-0.2, 0) is 16.2 Å². The van der Waals surface area contributed by atoms with Gasteiger partial charge in [-0.3, -0.25) is 15.0 Å². The number of benzene rings is 3. The molecule has 0 spiro atoms. The zero-order valence-corrected chi connectivity index (χ0v) is 19.3. The average molecular weight is 514 g/mol.